The molecule has 0 aliphatic carbocycles. The Kier molecular flexibility index (Phi) is 12.4. The van der Waals surface area contributed by atoms with E-state index in [1.807, 2.05) is 4.98 Å². The first kappa shape index (κ1) is 34.8. The van der Waals surface area contributed by atoms with Crippen LogP contribution in [0.15, 0.2) is 39.9 Å². The molecule has 2 rings (SSSR count). The molecular formula is C26H33FN8O9. The standard InChI is InChI=1S/C26H33FN8O9/c1-11(2)18(33-20(37)13(28)10-30-23(40)19-17(27)22(39)35-26(44)34-19)24(41)31-14(9-16(29)36)21(38)32-15(25(42)43)8-12-6-4-3-5-7-12/h3-7,11,13-15,18H,8-10,28H2,1-2H3,(H2,29,36)(H,30,40)(H,31,41)(H,32,38)(H,33,37)(H,42,43)(H2,34,35,39,44)/t13-,14-,15-,18-/m0/s1. The van der Waals surface area contributed by atoms with Gasteiger partial charge in [-0.15, -0.1) is 0 Å². The average Bonchev–Trinajstić information content (AvgIpc) is 2.95. The normalized spacial score (nSPS) is 13.6. The molecule has 0 fully saturated rings. The number of aromatic amines is 2. The fourth-order valence-electron chi connectivity index (χ4n) is 3.80. The second-order valence-electron chi connectivity index (χ2n) is 9.96. The number of aliphatic carboxylic acids is 1. The zero-order chi connectivity index (χ0) is 33.1. The second-order valence-corrected chi connectivity index (χ2v) is 9.96. The first-order chi connectivity index (χ1) is 20.6. The van der Waals surface area contributed by atoms with Gasteiger partial charge in [-0.25, -0.2) is 9.59 Å². The highest BCUT2D eigenvalue weighted by molar-refractivity contribution is 5.96. The molecule has 1 aromatic carbocycles. The summed E-state index contributed by atoms with van der Waals surface area (Å²) in [5, 5.41) is 18.6. The van der Waals surface area contributed by atoms with E-state index in [4.69, 9.17) is 11.5 Å². The molecule has 238 valence electrons. The van der Waals surface area contributed by atoms with E-state index in [1.165, 1.54) is 13.8 Å². The number of aromatic nitrogens is 2. The molecule has 4 atom stereocenters. The van der Waals surface area contributed by atoms with E-state index in [-0.39, 0.29) is 6.42 Å². The fraction of sp³-hybridized carbons (Fsp3) is 0.385. The first-order valence-corrected chi connectivity index (χ1v) is 13.1. The zero-order valence-corrected chi connectivity index (χ0v) is 23.6. The number of carbonyl (C=O) groups excluding carboxylic acids is 5. The van der Waals surface area contributed by atoms with Crippen molar-refractivity contribution in [3.8, 4) is 0 Å². The summed E-state index contributed by atoms with van der Waals surface area (Å²) in [6, 6.07) is 2.52. The summed E-state index contributed by atoms with van der Waals surface area (Å²) in [4.78, 5) is 101. The first-order valence-electron chi connectivity index (χ1n) is 13.1. The van der Waals surface area contributed by atoms with Crippen LogP contribution in [0.1, 0.15) is 36.3 Å². The number of carboxylic acids is 1. The minimum absolute atomic E-state index is 0.0955. The van der Waals surface area contributed by atoms with Gasteiger partial charge in [-0.05, 0) is 11.5 Å². The van der Waals surface area contributed by atoms with E-state index < -0.39 is 101 Å². The van der Waals surface area contributed by atoms with Crippen LogP contribution in [0, 0.1) is 11.7 Å². The molecule has 5 amide bonds. The molecule has 0 aliphatic rings. The van der Waals surface area contributed by atoms with Crippen LogP contribution in [-0.4, -0.2) is 81.3 Å². The monoisotopic (exact) mass is 620 g/mol. The van der Waals surface area contributed by atoms with Gasteiger partial charge in [0.2, 0.25) is 29.4 Å². The Labute approximate surface area is 248 Å². The highest BCUT2D eigenvalue weighted by Crippen LogP contribution is 2.07. The molecule has 0 saturated carbocycles. The van der Waals surface area contributed by atoms with Crippen LogP contribution in [-0.2, 0) is 30.4 Å². The third kappa shape index (κ3) is 10.2. The predicted octanol–water partition coefficient (Wildman–Crippen LogP) is -3.43. The maximum atomic E-state index is 13.9. The molecule has 2 aromatic rings. The Hall–Kier alpha value is -5.39. The van der Waals surface area contributed by atoms with Crippen molar-refractivity contribution in [1.82, 2.24) is 31.2 Å². The van der Waals surface area contributed by atoms with E-state index >= 15 is 0 Å². The van der Waals surface area contributed by atoms with Crippen LogP contribution < -0.4 is 44.0 Å². The van der Waals surface area contributed by atoms with Crippen LogP contribution in [0.5, 0.6) is 0 Å². The van der Waals surface area contributed by atoms with E-state index in [9.17, 15) is 47.9 Å². The number of nitrogens with two attached hydrogens (primary N) is 2. The van der Waals surface area contributed by atoms with Crippen LogP contribution in [0.2, 0.25) is 0 Å². The number of benzene rings is 1. The number of carboxylic acid groups (broad SMARTS) is 1. The molecule has 0 bridgehead atoms. The van der Waals surface area contributed by atoms with Crippen molar-refractivity contribution in [2.45, 2.75) is 50.9 Å². The highest BCUT2D eigenvalue weighted by atomic mass is 19.1. The molecular weight excluding hydrogens is 587 g/mol. The smallest absolute Gasteiger partial charge is 0.326 e. The summed E-state index contributed by atoms with van der Waals surface area (Å²) in [5.74, 6) is -8.71. The van der Waals surface area contributed by atoms with Crippen molar-refractivity contribution in [1.29, 1.82) is 0 Å². The predicted molar refractivity (Wildman–Crippen MR) is 150 cm³/mol. The number of carbonyl (C=O) groups is 6. The van der Waals surface area contributed by atoms with Crippen LogP contribution >= 0.6 is 0 Å². The Bertz CT molecular complexity index is 1510. The van der Waals surface area contributed by atoms with Gasteiger partial charge in [-0.3, -0.25) is 33.8 Å². The van der Waals surface area contributed by atoms with Crippen molar-refractivity contribution >= 4 is 35.5 Å². The van der Waals surface area contributed by atoms with Crippen molar-refractivity contribution in [3.63, 3.8) is 0 Å². The molecule has 1 aromatic heterocycles. The summed E-state index contributed by atoms with van der Waals surface area (Å²) in [5.41, 5.74) is 8.04. The summed E-state index contributed by atoms with van der Waals surface area (Å²) < 4.78 is 13.9. The summed E-state index contributed by atoms with van der Waals surface area (Å²) in [6.45, 7) is 2.46. The van der Waals surface area contributed by atoms with Gasteiger partial charge >= 0.3 is 11.7 Å². The Morgan fingerprint density at radius 1 is 0.909 bits per heavy atom. The lowest BCUT2D eigenvalue weighted by atomic mass is 10.0. The summed E-state index contributed by atoms with van der Waals surface area (Å²) in [6.07, 6.45) is -0.789. The van der Waals surface area contributed by atoms with E-state index in [0.717, 1.165) is 0 Å². The van der Waals surface area contributed by atoms with Crippen molar-refractivity contribution in [2.24, 2.45) is 17.4 Å². The number of hydrogen-bond donors (Lipinski definition) is 9. The van der Waals surface area contributed by atoms with E-state index in [2.05, 4.69) is 21.3 Å². The Morgan fingerprint density at radius 2 is 1.52 bits per heavy atom. The van der Waals surface area contributed by atoms with Gasteiger partial charge in [0.05, 0.1) is 6.42 Å². The quantitative estimate of drug-likeness (QED) is 0.0949. The van der Waals surface area contributed by atoms with Gasteiger partial charge in [-0.2, -0.15) is 4.39 Å². The zero-order valence-electron chi connectivity index (χ0n) is 23.6. The van der Waals surface area contributed by atoms with Gasteiger partial charge in [0, 0.05) is 13.0 Å². The van der Waals surface area contributed by atoms with Gasteiger partial charge in [0.1, 0.15) is 29.9 Å². The number of nitrogens with one attached hydrogen (secondary N) is 6. The van der Waals surface area contributed by atoms with E-state index in [1.54, 1.807) is 35.3 Å². The number of primary amides is 1. The third-order valence-corrected chi connectivity index (χ3v) is 6.11. The number of amides is 5. The molecule has 0 spiro atoms. The molecule has 18 heteroatoms. The average molecular weight is 621 g/mol. The van der Waals surface area contributed by atoms with Crippen LogP contribution in [0.25, 0.3) is 0 Å². The lowest BCUT2D eigenvalue weighted by Gasteiger charge is -2.26. The van der Waals surface area contributed by atoms with Crippen LogP contribution in [0.3, 0.4) is 0 Å². The number of rotatable bonds is 15. The molecule has 44 heavy (non-hydrogen) atoms. The Balaban J connectivity index is 2.09. The topological polar surface area (TPSA) is 289 Å². The minimum atomic E-state index is -1.60. The molecule has 0 radical (unpaired) electrons. The number of hydrogen-bond acceptors (Lipinski definition) is 9. The van der Waals surface area contributed by atoms with Crippen LogP contribution in [0.4, 0.5) is 4.39 Å². The molecule has 1 heterocycles. The minimum Gasteiger partial charge on any atom is -0.480 e. The second kappa shape index (κ2) is 15.7. The lowest BCUT2D eigenvalue weighted by Crippen LogP contribution is -2.59. The van der Waals surface area contributed by atoms with Crippen molar-refractivity contribution < 1.29 is 38.3 Å². The van der Waals surface area contributed by atoms with Gasteiger partial charge in [0.15, 0.2) is 0 Å². The fourth-order valence-corrected chi connectivity index (χ4v) is 3.80. The molecule has 0 aliphatic heterocycles. The van der Waals surface area contributed by atoms with Gasteiger partial charge in [0.25, 0.3) is 11.5 Å². The maximum absolute atomic E-state index is 13.9. The van der Waals surface area contributed by atoms with Crippen molar-refractivity contribution in [3.05, 3.63) is 68.2 Å². The largest absolute Gasteiger partial charge is 0.480 e. The number of H-pyrrole nitrogens is 2. The number of halogens is 1. The molecule has 0 saturated heterocycles. The summed E-state index contributed by atoms with van der Waals surface area (Å²) in [7, 11) is 0. The van der Waals surface area contributed by atoms with Gasteiger partial charge in [-0.1, -0.05) is 44.2 Å². The SMILES string of the molecule is CC(C)[C@H](NC(=O)[C@@H](N)CNC(=O)c1[nH]c(=O)[nH]c(=O)c1F)C(=O)N[C@@H](CC(N)=O)C(=O)N[C@@H](Cc1ccccc1)C(=O)O. The molecule has 0 unspecified atom stereocenters. The Morgan fingerprint density at radius 3 is 2.09 bits per heavy atom. The lowest BCUT2D eigenvalue weighted by molar-refractivity contribution is -0.142. The highest BCUT2D eigenvalue weighted by Gasteiger charge is 2.32. The molecule has 17 nitrogen and oxygen atoms in total. The molecule has 11 N–H and O–H groups in total. The third-order valence-electron chi connectivity index (χ3n) is 6.11. The maximum Gasteiger partial charge on any atom is 0.326 e. The van der Waals surface area contributed by atoms with E-state index in [0.29, 0.717) is 5.56 Å². The van der Waals surface area contributed by atoms with Gasteiger partial charge < -0.3 is 42.8 Å². The van der Waals surface area contributed by atoms with Crippen molar-refractivity contribution in [2.75, 3.05) is 6.54 Å². The summed E-state index contributed by atoms with van der Waals surface area (Å²) >= 11 is 0.